The maximum Gasteiger partial charge on any atom is 0.416 e. The number of alkyl halides is 3. The Bertz CT molecular complexity index is 962. The fourth-order valence-corrected chi connectivity index (χ4v) is 3.32. The SMILES string of the molecule is Cc1ncccc1CN(Cc1cccnc1C)CC(O)COc1ccc(C(F)(F)F)cc1. The summed E-state index contributed by atoms with van der Waals surface area (Å²) in [5.41, 5.74) is 3.18. The molecule has 2 heterocycles. The summed E-state index contributed by atoms with van der Waals surface area (Å²) in [5.74, 6) is 0.273. The molecule has 5 nitrogen and oxygen atoms in total. The number of hydrogen-bond donors (Lipinski definition) is 1. The van der Waals surface area contributed by atoms with Gasteiger partial charge in [-0.3, -0.25) is 14.9 Å². The molecule has 1 atom stereocenters. The van der Waals surface area contributed by atoms with Crippen LogP contribution in [-0.2, 0) is 19.3 Å². The van der Waals surface area contributed by atoms with Crippen LogP contribution in [0.5, 0.6) is 5.75 Å². The molecule has 0 aliphatic rings. The van der Waals surface area contributed by atoms with E-state index in [4.69, 9.17) is 4.74 Å². The Morgan fingerprint density at radius 3 is 1.91 bits per heavy atom. The van der Waals surface area contributed by atoms with Crippen molar-refractivity contribution in [3.63, 3.8) is 0 Å². The average Bonchev–Trinajstić information content (AvgIpc) is 2.75. The van der Waals surface area contributed by atoms with Gasteiger partial charge in [-0.15, -0.1) is 0 Å². The summed E-state index contributed by atoms with van der Waals surface area (Å²) in [6.07, 6.45) is -1.76. The molecule has 0 radical (unpaired) electrons. The van der Waals surface area contributed by atoms with Gasteiger partial charge in [0, 0.05) is 43.4 Å². The van der Waals surface area contributed by atoms with Gasteiger partial charge in [-0.2, -0.15) is 13.2 Å². The topological polar surface area (TPSA) is 58.5 Å². The quantitative estimate of drug-likeness (QED) is 0.524. The summed E-state index contributed by atoms with van der Waals surface area (Å²) < 4.78 is 43.6. The fraction of sp³-hybridized carbons (Fsp3) is 0.333. The number of benzene rings is 1. The lowest BCUT2D eigenvalue weighted by atomic mass is 10.1. The molecular formula is C24H26F3N3O2. The molecule has 0 saturated carbocycles. The zero-order valence-electron chi connectivity index (χ0n) is 18.0. The van der Waals surface area contributed by atoms with Gasteiger partial charge in [-0.05, 0) is 61.4 Å². The average molecular weight is 445 g/mol. The molecule has 0 aliphatic carbocycles. The molecule has 0 saturated heterocycles. The van der Waals surface area contributed by atoms with E-state index >= 15 is 0 Å². The van der Waals surface area contributed by atoms with Crippen molar-refractivity contribution in [1.29, 1.82) is 0 Å². The van der Waals surface area contributed by atoms with Crippen molar-refractivity contribution in [2.24, 2.45) is 0 Å². The Morgan fingerprint density at radius 1 is 0.906 bits per heavy atom. The van der Waals surface area contributed by atoms with E-state index in [9.17, 15) is 18.3 Å². The molecule has 1 unspecified atom stereocenters. The van der Waals surface area contributed by atoms with Gasteiger partial charge in [-0.25, -0.2) is 0 Å². The van der Waals surface area contributed by atoms with Gasteiger partial charge in [0.1, 0.15) is 18.5 Å². The van der Waals surface area contributed by atoms with E-state index in [1.807, 2.05) is 38.1 Å². The van der Waals surface area contributed by atoms with Crippen molar-refractivity contribution in [1.82, 2.24) is 14.9 Å². The number of aliphatic hydroxyl groups is 1. The number of aliphatic hydroxyl groups excluding tert-OH is 1. The maximum atomic E-state index is 12.7. The number of pyridine rings is 2. The molecule has 3 aromatic rings. The molecule has 1 aromatic carbocycles. The van der Waals surface area contributed by atoms with Gasteiger partial charge in [0.05, 0.1) is 5.56 Å². The maximum absolute atomic E-state index is 12.7. The van der Waals surface area contributed by atoms with E-state index in [1.165, 1.54) is 12.1 Å². The van der Waals surface area contributed by atoms with Crippen LogP contribution in [0.2, 0.25) is 0 Å². The lowest BCUT2D eigenvalue weighted by molar-refractivity contribution is -0.137. The van der Waals surface area contributed by atoms with Crippen LogP contribution in [-0.4, -0.2) is 39.2 Å². The lowest BCUT2D eigenvalue weighted by Gasteiger charge is -2.26. The zero-order valence-corrected chi connectivity index (χ0v) is 18.0. The first-order valence-electron chi connectivity index (χ1n) is 10.2. The van der Waals surface area contributed by atoms with Crippen molar-refractivity contribution in [2.75, 3.05) is 13.2 Å². The molecule has 170 valence electrons. The third-order valence-electron chi connectivity index (χ3n) is 5.11. The molecule has 32 heavy (non-hydrogen) atoms. The van der Waals surface area contributed by atoms with E-state index in [1.54, 1.807) is 12.4 Å². The minimum absolute atomic E-state index is 0.0418. The van der Waals surface area contributed by atoms with Gasteiger partial charge in [0.25, 0.3) is 0 Å². The monoisotopic (exact) mass is 445 g/mol. The number of aryl methyl sites for hydroxylation is 2. The molecule has 3 rings (SSSR count). The highest BCUT2D eigenvalue weighted by atomic mass is 19.4. The summed E-state index contributed by atoms with van der Waals surface area (Å²) in [6.45, 7) is 5.29. The van der Waals surface area contributed by atoms with Crippen molar-refractivity contribution in [3.8, 4) is 5.75 Å². The summed E-state index contributed by atoms with van der Waals surface area (Å²) in [7, 11) is 0. The first-order chi connectivity index (χ1) is 15.2. The van der Waals surface area contributed by atoms with Gasteiger partial charge >= 0.3 is 6.18 Å². The Morgan fingerprint density at radius 2 is 1.44 bits per heavy atom. The van der Waals surface area contributed by atoms with E-state index in [2.05, 4.69) is 14.9 Å². The van der Waals surface area contributed by atoms with Gasteiger partial charge in [0.15, 0.2) is 0 Å². The third-order valence-corrected chi connectivity index (χ3v) is 5.11. The summed E-state index contributed by atoms with van der Waals surface area (Å²) in [4.78, 5) is 10.7. The number of rotatable bonds is 9. The number of hydrogen-bond acceptors (Lipinski definition) is 5. The van der Waals surface area contributed by atoms with Crippen LogP contribution in [0.3, 0.4) is 0 Å². The zero-order chi connectivity index (χ0) is 23.1. The minimum Gasteiger partial charge on any atom is -0.491 e. The first kappa shape index (κ1) is 23.7. The van der Waals surface area contributed by atoms with E-state index < -0.39 is 17.8 Å². The second kappa shape index (κ2) is 10.6. The minimum atomic E-state index is -4.40. The predicted molar refractivity (Wildman–Crippen MR) is 115 cm³/mol. The van der Waals surface area contributed by atoms with E-state index in [0.717, 1.165) is 34.6 Å². The highest BCUT2D eigenvalue weighted by Crippen LogP contribution is 2.30. The Balaban J connectivity index is 1.65. The Hall–Kier alpha value is -2.97. The van der Waals surface area contributed by atoms with Gasteiger partial charge in [-0.1, -0.05) is 12.1 Å². The highest BCUT2D eigenvalue weighted by Gasteiger charge is 2.30. The summed E-state index contributed by atoms with van der Waals surface area (Å²) >= 11 is 0. The van der Waals surface area contributed by atoms with E-state index in [0.29, 0.717) is 19.6 Å². The largest absolute Gasteiger partial charge is 0.491 e. The smallest absolute Gasteiger partial charge is 0.416 e. The summed E-state index contributed by atoms with van der Waals surface area (Å²) in [6, 6.07) is 12.2. The molecular weight excluding hydrogens is 419 g/mol. The molecule has 2 aromatic heterocycles. The van der Waals surface area contributed by atoms with Crippen LogP contribution in [0.25, 0.3) is 0 Å². The fourth-order valence-electron chi connectivity index (χ4n) is 3.32. The molecule has 8 heteroatoms. The number of halogens is 3. The predicted octanol–water partition coefficient (Wildman–Crippen LogP) is 4.55. The van der Waals surface area contributed by atoms with Gasteiger partial charge < -0.3 is 9.84 Å². The van der Waals surface area contributed by atoms with Crippen molar-refractivity contribution in [3.05, 3.63) is 89.0 Å². The third kappa shape index (κ3) is 6.77. The van der Waals surface area contributed by atoms with Crippen LogP contribution >= 0.6 is 0 Å². The van der Waals surface area contributed by atoms with Crippen LogP contribution in [0, 0.1) is 13.8 Å². The molecule has 1 N–H and O–H groups in total. The number of nitrogens with zero attached hydrogens (tertiary/aromatic N) is 3. The highest BCUT2D eigenvalue weighted by molar-refractivity contribution is 5.29. The molecule has 0 aliphatic heterocycles. The molecule has 0 spiro atoms. The lowest BCUT2D eigenvalue weighted by Crippen LogP contribution is -2.35. The van der Waals surface area contributed by atoms with Crippen molar-refractivity contribution in [2.45, 2.75) is 39.2 Å². The van der Waals surface area contributed by atoms with Crippen LogP contribution in [0.15, 0.2) is 60.9 Å². The van der Waals surface area contributed by atoms with E-state index in [-0.39, 0.29) is 12.4 Å². The van der Waals surface area contributed by atoms with Crippen LogP contribution in [0.1, 0.15) is 28.1 Å². The van der Waals surface area contributed by atoms with Gasteiger partial charge in [0.2, 0.25) is 0 Å². The molecule has 0 amide bonds. The normalized spacial score (nSPS) is 12.7. The Kier molecular flexibility index (Phi) is 7.82. The molecule has 0 fully saturated rings. The van der Waals surface area contributed by atoms with Crippen LogP contribution in [0.4, 0.5) is 13.2 Å². The second-order valence-corrected chi connectivity index (χ2v) is 7.65. The summed E-state index contributed by atoms with van der Waals surface area (Å²) in [5, 5.41) is 10.6. The molecule has 0 bridgehead atoms. The van der Waals surface area contributed by atoms with Crippen LogP contribution < -0.4 is 4.74 Å². The van der Waals surface area contributed by atoms with Crippen molar-refractivity contribution < 1.29 is 23.0 Å². The number of aromatic nitrogens is 2. The standard InChI is InChI=1S/C24H26F3N3O2/c1-17-19(5-3-11-28-17)13-30(14-20-6-4-12-29-18(20)2)15-22(31)16-32-23-9-7-21(8-10-23)24(25,26)27/h3-12,22,31H,13-16H2,1-2H3. The van der Waals surface area contributed by atoms with Crippen molar-refractivity contribution >= 4 is 0 Å². The Labute approximate surface area is 185 Å². The second-order valence-electron chi connectivity index (χ2n) is 7.65. The number of ether oxygens (including phenoxy) is 1. The first-order valence-corrected chi connectivity index (χ1v) is 10.2.